The molecule has 2 atom stereocenters. The molecule has 0 aromatic carbocycles. The molecule has 122 valence electrons. The third-order valence-corrected chi connectivity index (χ3v) is 4.81. The highest BCUT2D eigenvalue weighted by Gasteiger charge is 2.49. The van der Waals surface area contributed by atoms with Gasteiger partial charge in [-0.1, -0.05) is 33.8 Å². The summed E-state index contributed by atoms with van der Waals surface area (Å²) < 4.78 is 10.1. The normalized spacial score (nSPS) is 25.6. The van der Waals surface area contributed by atoms with Crippen molar-refractivity contribution >= 4 is 11.9 Å². The Hall–Kier alpha value is -1.58. The fourth-order valence-corrected chi connectivity index (χ4v) is 3.11. The number of allylic oxidation sites excluding steroid dienone is 1. The second-order valence-electron chi connectivity index (χ2n) is 7.35. The number of carbonyl (C=O) groups excluding carboxylic acids is 2. The van der Waals surface area contributed by atoms with Gasteiger partial charge in [0.15, 0.2) is 0 Å². The Morgan fingerprint density at radius 1 is 1.27 bits per heavy atom. The molecule has 0 saturated heterocycles. The van der Waals surface area contributed by atoms with Crippen molar-refractivity contribution in [3.8, 4) is 0 Å². The van der Waals surface area contributed by atoms with Crippen LogP contribution < -0.4 is 0 Å². The third kappa shape index (κ3) is 3.99. The zero-order valence-corrected chi connectivity index (χ0v) is 13.9. The molecule has 3 rings (SSSR count). The van der Waals surface area contributed by atoms with Crippen LogP contribution in [0.2, 0.25) is 0 Å². The van der Waals surface area contributed by atoms with Crippen molar-refractivity contribution in [1.82, 2.24) is 0 Å². The molecule has 4 nitrogen and oxygen atoms in total. The van der Waals surface area contributed by atoms with Crippen LogP contribution in [0.1, 0.15) is 40.5 Å². The standard InChI is InChI=1S/C18H26O4/c1-12(2)10-21-16(19)5-6-17(20)22-11-13-7-14-9-15(8-13)18(14,3)4/h5-7,12,14-15H,8-11H2,1-4H3/b6-5+. The van der Waals surface area contributed by atoms with E-state index in [0.29, 0.717) is 30.5 Å². The van der Waals surface area contributed by atoms with Crippen molar-refractivity contribution in [2.75, 3.05) is 13.2 Å². The largest absolute Gasteiger partial charge is 0.462 e. The Kier molecular flexibility index (Phi) is 5.09. The third-order valence-electron chi connectivity index (χ3n) is 4.81. The van der Waals surface area contributed by atoms with E-state index >= 15 is 0 Å². The molecule has 0 amide bonds. The van der Waals surface area contributed by atoms with Gasteiger partial charge >= 0.3 is 11.9 Å². The summed E-state index contributed by atoms with van der Waals surface area (Å²) in [5.41, 5.74) is 1.60. The Balaban J connectivity index is 1.72. The van der Waals surface area contributed by atoms with Gasteiger partial charge in [0.2, 0.25) is 0 Å². The molecule has 0 heterocycles. The number of rotatable bonds is 6. The van der Waals surface area contributed by atoms with Crippen molar-refractivity contribution in [1.29, 1.82) is 0 Å². The summed E-state index contributed by atoms with van der Waals surface area (Å²) in [6.07, 6.45) is 6.79. The van der Waals surface area contributed by atoms with Crippen LogP contribution in [0.25, 0.3) is 0 Å². The topological polar surface area (TPSA) is 52.6 Å². The van der Waals surface area contributed by atoms with Gasteiger partial charge in [-0.3, -0.25) is 0 Å². The van der Waals surface area contributed by atoms with Crippen LogP contribution in [0.4, 0.5) is 0 Å². The lowest BCUT2D eigenvalue weighted by molar-refractivity contribution is -0.140. The molecule has 0 aliphatic heterocycles. The molecule has 3 aliphatic carbocycles. The van der Waals surface area contributed by atoms with Gasteiger partial charge in [0, 0.05) is 12.2 Å². The second kappa shape index (κ2) is 6.67. The first-order valence-electron chi connectivity index (χ1n) is 8.00. The number of esters is 2. The Labute approximate surface area is 132 Å². The summed E-state index contributed by atoms with van der Waals surface area (Å²) in [6, 6.07) is 0. The van der Waals surface area contributed by atoms with Crippen molar-refractivity contribution < 1.29 is 19.1 Å². The average Bonchev–Trinajstić information content (AvgIpc) is 2.48. The van der Waals surface area contributed by atoms with Crippen LogP contribution >= 0.6 is 0 Å². The van der Waals surface area contributed by atoms with E-state index in [-0.39, 0.29) is 5.92 Å². The van der Waals surface area contributed by atoms with Crippen LogP contribution in [0.5, 0.6) is 0 Å². The van der Waals surface area contributed by atoms with Crippen molar-refractivity contribution in [2.45, 2.75) is 40.5 Å². The van der Waals surface area contributed by atoms with Gasteiger partial charge in [-0.05, 0) is 41.6 Å². The van der Waals surface area contributed by atoms with E-state index < -0.39 is 11.9 Å². The molecule has 4 heteroatoms. The number of fused-ring (bicyclic) bond motifs is 1. The van der Waals surface area contributed by atoms with Crippen molar-refractivity contribution in [3.05, 3.63) is 23.8 Å². The second-order valence-corrected chi connectivity index (χ2v) is 7.35. The van der Waals surface area contributed by atoms with Gasteiger partial charge in [-0.15, -0.1) is 0 Å². The molecule has 2 bridgehead atoms. The van der Waals surface area contributed by atoms with E-state index in [4.69, 9.17) is 9.47 Å². The molecule has 2 unspecified atom stereocenters. The van der Waals surface area contributed by atoms with Gasteiger partial charge in [0.05, 0.1) is 6.61 Å². The molecular formula is C18H26O4. The minimum absolute atomic E-state index is 0.276. The van der Waals surface area contributed by atoms with Crippen LogP contribution in [-0.4, -0.2) is 25.2 Å². The van der Waals surface area contributed by atoms with Gasteiger partial charge in [0.1, 0.15) is 6.61 Å². The van der Waals surface area contributed by atoms with Gasteiger partial charge in [-0.2, -0.15) is 0 Å². The average molecular weight is 306 g/mol. The zero-order chi connectivity index (χ0) is 16.3. The molecule has 0 radical (unpaired) electrons. The number of carbonyl (C=O) groups is 2. The minimum atomic E-state index is -0.509. The van der Waals surface area contributed by atoms with E-state index in [2.05, 4.69) is 19.9 Å². The van der Waals surface area contributed by atoms with E-state index in [9.17, 15) is 9.59 Å². The fourth-order valence-electron chi connectivity index (χ4n) is 3.11. The lowest BCUT2D eigenvalue weighted by Crippen LogP contribution is -2.47. The predicted molar refractivity (Wildman–Crippen MR) is 84.0 cm³/mol. The van der Waals surface area contributed by atoms with Crippen LogP contribution in [0, 0.1) is 23.2 Å². The maximum atomic E-state index is 11.6. The van der Waals surface area contributed by atoms with Crippen LogP contribution in [-0.2, 0) is 19.1 Å². The highest BCUT2D eigenvalue weighted by molar-refractivity contribution is 5.91. The van der Waals surface area contributed by atoms with Crippen molar-refractivity contribution in [3.63, 3.8) is 0 Å². The quantitative estimate of drug-likeness (QED) is 0.429. The first kappa shape index (κ1) is 16.8. The molecule has 3 aliphatic rings. The Morgan fingerprint density at radius 2 is 1.91 bits per heavy atom. The summed E-state index contributed by atoms with van der Waals surface area (Å²) in [7, 11) is 0. The van der Waals surface area contributed by atoms with Gasteiger partial charge in [-0.25, -0.2) is 9.59 Å². The van der Waals surface area contributed by atoms with Crippen LogP contribution in [0.3, 0.4) is 0 Å². The molecule has 0 N–H and O–H groups in total. The van der Waals surface area contributed by atoms with E-state index in [1.165, 1.54) is 12.0 Å². The summed E-state index contributed by atoms with van der Waals surface area (Å²) in [5.74, 6) is 0.587. The predicted octanol–water partition coefficient (Wildman–Crippen LogP) is 3.28. The smallest absolute Gasteiger partial charge is 0.331 e. The molecule has 0 aromatic heterocycles. The lowest BCUT2D eigenvalue weighted by Gasteiger charge is -2.55. The summed E-state index contributed by atoms with van der Waals surface area (Å²) in [5, 5.41) is 0. The molecule has 0 spiro atoms. The summed E-state index contributed by atoms with van der Waals surface area (Å²) in [4.78, 5) is 23.0. The Bertz CT molecular complexity index is 499. The number of hydrogen-bond donors (Lipinski definition) is 0. The number of hydrogen-bond acceptors (Lipinski definition) is 4. The highest BCUT2D eigenvalue weighted by Crippen LogP contribution is 2.57. The maximum absolute atomic E-state index is 11.6. The summed E-state index contributed by atoms with van der Waals surface area (Å²) in [6.45, 7) is 9.19. The first-order chi connectivity index (χ1) is 10.3. The molecule has 1 fully saturated rings. The minimum Gasteiger partial charge on any atom is -0.462 e. The van der Waals surface area contributed by atoms with Gasteiger partial charge < -0.3 is 9.47 Å². The fraction of sp³-hybridized carbons (Fsp3) is 0.667. The van der Waals surface area contributed by atoms with E-state index in [0.717, 1.165) is 18.6 Å². The molecule has 1 saturated carbocycles. The monoisotopic (exact) mass is 306 g/mol. The highest BCUT2D eigenvalue weighted by atomic mass is 16.5. The lowest BCUT2D eigenvalue weighted by atomic mass is 9.50. The van der Waals surface area contributed by atoms with Crippen molar-refractivity contribution in [2.24, 2.45) is 23.2 Å². The van der Waals surface area contributed by atoms with Gasteiger partial charge in [0.25, 0.3) is 0 Å². The molecular weight excluding hydrogens is 280 g/mol. The number of ether oxygens (including phenoxy) is 2. The Morgan fingerprint density at radius 3 is 2.41 bits per heavy atom. The zero-order valence-electron chi connectivity index (χ0n) is 13.9. The van der Waals surface area contributed by atoms with E-state index in [1.807, 2.05) is 13.8 Å². The maximum Gasteiger partial charge on any atom is 0.331 e. The molecule has 0 aromatic rings. The summed E-state index contributed by atoms with van der Waals surface area (Å²) >= 11 is 0. The first-order valence-corrected chi connectivity index (χ1v) is 8.00. The van der Waals surface area contributed by atoms with E-state index in [1.54, 1.807) is 0 Å². The molecule has 22 heavy (non-hydrogen) atoms. The SMILES string of the molecule is CC(C)COC(=O)/C=C/C(=O)OCC1=CC2CC(C1)C2(C)C. The van der Waals surface area contributed by atoms with Crippen LogP contribution in [0.15, 0.2) is 23.8 Å².